The van der Waals surface area contributed by atoms with Crippen molar-refractivity contribution in [2.75, 3.05) is 43.5 Å². The number of hydrogen-bond donors (Lipinski definition) is 1. The molecule has 0 atom stereocenters. The molecule has 1 N–H and O–H groups in total. The van der Waals surface area contributed by atoms with E-state index < -0.39 is 22.7 Å². The number of anilines is 2. The monoisotopic (exact) mass is 425 g/mol. The number of benzene rings is 1. The number of urea groups is 1. The number of ether oxygens (including phenoxy) is 1. The number of carbonyl (C=O) groups excluding carboxylic acids is 1. The number of nitro groups is 1. The number of rotatable bonds is 4. The normalized spacial score (nSPS) is 14.4. The first-order chi connectivity index (χ1) is 14.2. The molecule has 3 rings (SSSR count). The molecule has 2 amide bonds. The minimum absolute atomic E-state index is 0.0330. The number of methoxy groups -OCH3 is 1. The van der Waals surface area contributed by atoms with Crippen LogP contribution in [0.1, 0.15) is 5.56 Å². The molecule has 0 spiro atoms. The van der Waals surface area contributed by atoms with Crippen LogP contribution in [0.25, 0.3) is 0 Å². The molecule has 1 fully saturated rings. The highest BCUT2D eigenvalue weighted by molar-refractivity contribution is 5.90. The summed E-state index contributed by atoms with van der Waals surface area (Å²) >= 11 is 0. The molecular formula is C18H18F3N5O4. The van der Waals surface area contributed by atoms with Crippen LogP contribution >= 0.6 is 0 Å². The second kappa shape index (κ2) is 8.43. The van der Waals surface area contributed by atoms with Crippen LogP contribution in [0.4, 0.5) is 35.2 Å². The first kappa shape index (κ1) is 21.1. The molecule has 1 aliphatic rings. The van der Waals surface area contributed by atoms with Crippen LogP contribution in [0.5, 0.6) is 5.75 Å². The topological polar surface area (TPSA) is 101 Å². The Morgan fingerprint density at radius 2 is 1.90 bits per heavy atom. The second-order valence-electron chi connectivity index (χ2n) is 6.45. The molecule has 1 aliphatic heterocycles. The first-order valence-corrected chi connectivity index (χ1v) is 8.85. The quantitative estimate of drug-likeness (QED) is 0.596. The molecule has 0 bridgehead atoms. The van der Waals surface area contributed by atoms with E-state index in [2.05, 4.69) is 10.3 Å². The Bertz CT molecular complexity index is 928. The van der Waals surface area contributed by atoms with Crippen LogP contribution in [-0.4, -0.2) is 54.1 Å². The largest absolute Gasteiger partial charge is 0.497 e. The van der Waals surface area contributed by atoms with E-state index in [0.717, 1.165) is 12.1 Å². The van der Waals surface area contributed by atoms with Crippen molar-refractivity contribution >= 4 is 23.2 Å². The van der Waals surface area contributed by atoms with Gasteiger partial charge in [0.05, 0.1) is 24.0 Å². The van der Waals surface area contributed by atoms with E-state index in [9.17, 15) is 28.1 Å². The number of amides is 2. The Balaban J connectivity index is 1.64. The third-order valence-corrected chi connectivity index (χ3v) is 4.63. The number of aromatic nitrogens is 1. The Morgan fingerprint density at radius 3 is 2.43 bits per heavy atom. The van der Waals surface area contributed by atoms with E-state index >= 15 is 0 Å². The molecule has 2 aromatic rings. The van der Waals surface area contributed by atoms with E-state index in [1.165, 1.54) is 30.3 Å². The highest BCUT2D eigenvalue weighted by Gasteiger charge is 2.35. The average Bonchev–Trinajstić information content (AvgIpc) is 2.73. The van der Waals surface area contributed by atoms with E-state index in [-0.39, 0.29) is 30.3 Å². The second-order valence-corrected chi connectivity index (χ2v) is 6.45. The molecule has 0 unspecified atom stereocenters. The van der Waals surface area contributed by atoms with Crippen LogP contribution in [0.2, 0.25) is 0 Å². The summed E-state index contributed by atoms with van der Waals surface area (Å²) in [6.07, 6.45) is -3.28. The van der Waals surface area contributed by atoms with Crippen LogP contribution < -0.4 is 15.0 Å². The maximum Gasteiger partial charge on any atom is 0.418 e. The van der Waals surface area contributed by atoms with Crippen molar-refractivity contribution < 1.29 is 27.6 Å². The number of alkyl halides is 3. The number of carbonyl (C=O) groups is 1. The summed E-state index contributed by atoms with van der Waals surface area (Å²) < 4.78 is 44.7. The highest BCUT2D eigenvalue weighted by atomic mass is 19.4. The van der Waals surface area contributed by atoms with Gasteiger partial charge in [0, 0.05) is 32.2 Å². The zero-order valence-corrected chi connectivity index (χ0v) is 15.8. The maximum absolute atomic E-state index is 13.3. The highest BCUT2D eigenvalue weighted by Crippen LogP contribution is 2.37. The SMILES string of the molecule is COc1ccc(NC(=O)N2CCN(c3ccc([N+](=O)[O-])nc3)CC2)c(C(F)(F)F)c1. The summed E-state index contributed by atoms with van der Waals surface area (Å²) in [5.74, 6) is -0.234. The number of nitrogens with one attached hydrogen (secondary N) is 1. The fourth-order valence-corrected chi connectivity index (χ4v) is 3.03. The molecule has 9 nitrogen and oxygen atoms in total. The van der Waals surface area contributed by atoms with Crippen LogP contribution in [0.3, 0.4) is 0 Å². The summed E-state index contributed by atoms with van der Waals surface area (Å²) in [5.41, 5.74) is -0.684. The van der Waals surface area contributed by atoms with Gasteiger partial charge in [-0.05, 0) is 34.2 Å². The number of hydrogen-bond acceptors (Lipinski definition) is 6. The van der Waals surface area contributed by atoms with Crippen molar-refractivity contribution in [1.82, 2.24) is 9.88 Å². The van der Waals surface area contributed by atoms with Gasteiger partial charge in [-0.3, -0.25) is 0 Å². The Kier molecular flexibility index (Phi) is 5.94. The lowest BCUT2D eigenvalue weighted by Gasteiger charge is -2.35. The number of halogens is 3. The van der Waals surface area contributed by atoms with E-state index in [1.807, 2.05) is 4.90 Å². The van der Waals surface area contributed by atoms with Gasteiger partial charge in [0.2, 0.25) is 0 Å². The lowest BCUT2D eigenvalue weighted by molar-refractivity contribution is -0.389. The standard InChI is InChI=1S/C18H18F3N5O4/c1-30-13-3-4-15(14(10-13)18(19,20)21)23-17(27)25-8-6-24(7-9-25)12-2-5-16(22-11-12)26(28)29/h2-5,10-11H,6-9H2,1H3,(H,23,27). The Morgan fingerprint density at radius 1 is 1.20 bits per heavy atom. The Labute approximate surface area is 169 Å². The molecule has 0 radical (unpaired) electrons. The Hall–Kier alpha value is -3.57. The summed E-state index contributed by atoms with van der Waals surface area (Å²) in [7, 11) is 1.26. The van der Waals surface area contributed by atoms with Crippen molar-refractivity contribution in [3.05, 3.63) is 52.2 Å². The minimum atomic E-state index is -4.65. The van der Waals surface area contributed by atoms with E-state index in [0.29, 0.717) is 18.8 Å². The van der Waals surface area contributed by atoms with Gasteiger partial charge in [-0.2, -0.15) is 13.2 Å². The molecule has 30 heavy (non-hydrogen) atoms. The molecule has 12 heteroatoms. The minimum Gasteiger partial charge on any atom is -0.497 e. The van der Waals surface area contributed by atoms with Gasteiger partial charge in [0.25, 0.3) is 0 Å². The third-order valence-electron chi connectivity index (χ3n) is 4.63. The number of piperazine rings is 1. The van der Waals surface area contributed by atoms with Crippen molar-refractivity contribution in [3.63, 3.8) is 0 Å². The smallest absolute Gasteiger partial charge is 0.418 e. The fourth-order valence-electron chi connectivity index (χ4n) is 3.03. The molecule has 160 valence electrons. The molecule has 1 saturated heterocycles. The molecule has 0 saturated carbocycles. The van der Waals surface area contributed by atoms with Gasteiger partial charge in [0.1, 0.15) is 5.75 Å². The predicted octanol–water partition coefficient (Wildman–Crippen LogP) is 3.37. The van der Waals surface area contributed by atoms with Crippen molar-refractivity contribution in [1.29, 1.82) is 0 Å². The molecule has 2 heterocycles. The van der Waals surface area contributed by atoms with Gasteiger partial charge in [0.15, 0.2) is 6.20 Å². The maximum atomic E-state index is 13.3. The summed E-state index contributed by atoms with van der Waals surface area (Å²) in [5, 5.41) is 13.0. The summed E-state index contributed by atoms with van der Waals surface area (Å²) in [6.45, 7) is 1.34. The van der Waals surface area contributed by atoms with Crippen molar-refractivity contribution in [3.8, 4) is 5.75 Å². The third kappa shape index (κ3) is 4.70. The lowest BCUT2D eigenvalue weighted by Crippen LogP contribution is -2.50. The molecular weight excluding hydrogens is 407 g/mol. The van der Waals surface area contributed by atoms with E-state index in [4.69, 9.17) is 4.74 Å². The first-order valence-electron chi connectivity index (χ1n) is 8.85. The van der Waals surface area contributed by atoms with Gasteiger partial charge < -0.3 is 30.0 Å². The van der Waals surface area contributed by atoms with Crippen molar-refractivity contribution in [2.24, 2.45) is 0 Å². The molecule has 0 aliphatic carbocycles. The van der Waals surface area contributed by atoms with Crippen LogP contribution in [0.15, 0.2) is 36.5 Å². The number of nitrogens with zero attached hydrogens (tertiary/aromatic N) is 4. The zero-order valence-electron chi connectivity index (χ0n) is 15.8. The number of pyridine rings is 1. The lowest BCUT2D eigenvalue weighted by atomic mass is 10.1. The average molecular weight is 425 g/mol. The van der Waals surface area contributed by atoms with Gasteiger partial charge in [-0.15, -0.1) is 0 Å². The van der Waals surface area contributed by atoms with Crippen molar-refractivity contribution in [2.45, 2.75) is 6.18 Å². The molecule has 1 aromatic carbocycles. The van der Waals surface area contributed by atoms with Gasteiger partial charge in [-0.1, -0.05) is 0 Å². The van der Waals surface area contributed by atoms with E-state index in [1.54, 1.807) is 6.07 Å². The van der Waals surface area contributed by atoms with Gasteiger partial charge in [-0.25, -0.2) is 4.79 Å². The summed E-state index contributed by atoms with van der Waals surface area (Å²) in [6, 6.07) is 5.52. The van der Waals surface area contributed by atoms with Gasteiger partial charge >= 0.3 is 18.0 Å². The zero-order chi connectivity index (χ0) is 21.9. The van der Waals surface area contributed by atoms with Crippen LogP contribution in [0, 0.1) is 10.1 Å². The predicted molar refractivity (Wildman–Crippen MR) is 102 cm³/mol. The summed E-state index contributed by atoms with van der Waals surface area (Å²) in [4.78, 5) is 29.6. The van der Waals surface area contributed by atoms with Crippen LogP contribution in [-0.2, 0) is 6.18 Å². The fraction of sp³-hybridized carbons (Fsp3) is 0.333. The molecule has 1 aromatic heterocycles.